The maximum Gasteiger partial charge on any atom is 0.337 e. The molecule has 1 aromatic heterocycles. The van der Waals surface area contributed by atoms with Gasteiger partial charge in [0.05, 0.1) is 38.5 Å². The number of esters is 1. The number of rotatable bonds is 8. The summed E-state index contributed by atoms with van der Waals surface area (Å²) in [4.78, 5) is 15.7. The molecular formula is C20H19ClN2O6S2. The summed E-state index contributed by atoms with van der Waals surface area (Å²) in [5, 5.41) is 1.82. The van der Waals surface area contributed by atoms with Crippen LogP contribution in [-0.4, -0.2) is 40.7 Å². The number of aromatic nitrogens is 1. The Labute approximate surface area is 189 Å². The van der Waals surface area contributed by atoms with Gasteiger partial charge in [0.25, 0.3) is 10.0 Å². The maximum absolute atomic E-state index is 13.6. The van der Waals surface area contributed by atoms with Gasteiger partial charge < -0.3 is 14.2 Å². The molecule has 0 saturated carbocycles. The lowest BCUT2D eigenvalue weighted by atomic mass is 10.2. The molecule has 0 aliphatic rings. The number of carbonyl (C=O) groups is 1. The zero-order chi connectivity index (χ0) is 22.6. The summed E-state index contributed by atoms with van der Waals surface area (Å²) in [7, 11) is 0.115. The molecule has 0 atom stereocenters. The molecule has 11 heteroatoms. The van der Waals surface area contributed by atoms with E-state index in [0.29, 0.717) is 17.1 Å². The third-order valence-corrected chi connectivity index (χ3v) is 7.49. The third-order valence-electron chi connectivity index (χ3n) is 4.36. The van der Waals surface area contributed by atoms with Crippen LogP contribution in [0.4, 0.5) is 5.13 Å². The van der Waals surface area contributed by atoms with E-state index in [1.807, 2.05) is 0 Å². The van der Waals surface area contributed by atoms with Crippen molar-refractivity contribution in [1.29, 1.82) is 0 Å². The molecular weight excluding hydrogens is 464 g/mol. The lowest BCUT2D eigenvalue weighted by molar-refractivity contribution is 0.0600. The maximum atomic E-state index is 13.6. The van der Waals surface area contributed by atoms with E-state index in [-0.39, 0.29) is 27.2 Å². The van der Waals surface area contributed by atoms with Crippen molar-refractivity contribution in [3.63, 3.8) is 0 Å². The Bertz CT molecular complexity index is 1180. The second kappa shape index (κ2) is 9.54. The number of anilines is 1. The minimum absolute atomic E-state index is 0.0574. The second-order valence-electron chi connectivity index (χ2n) is 6.14. The second-order valence-corrected chi connectivity index (χ2v) is 9.25. The van der Waals surface area contributed by atoms with Gasteiger partial charge in [-0.1, -0.05) is 11.6 Å². The van der Waals surface area contributed by atoms with Crippen molar-refractivity contribution in [1.82, 2.24) is 4.98 Å². The lowest BCUT2D eigenvalue weighted by Crippen LogP contribution is -2.31. The van der Waals surface area contributed by atoms with Crippen molar-refractivity contribution in [2.45, 2.75) is 11.4 Å². The summed E-state index contributed by atoms with van der Waals surface area (Å²) >= 11 is 7.41. The quantitative estimate of drug-likeness (QED) is 0.448. The van der Waals surface area contributed by atoms with Crippen LogP contribution in [-0.2, 0) is 21.3 Å². The van der Waals surface area contributed by atoms with E-state index < -0.39 is 16.0 Å². The molecule has 2 aromatic carbocycles. The largest absolute Gasteiger partial charge is 0.497 e. The molecule has 31 heavy (non-hydrogen) atoms. The zero-order valence-electron chi connectivity index (χ0n) is 16.9. The van der Waals surface area contributed by atoms with Crippen molar-refractivity contribution in [3.8, 4) is 11.5 Å². The summed E-state index contributed by atoms with van der Waals surface area (Å²) in [5.74, 6) is 0.416. The van der Waals surface area contributed by atoms with Crippen LogP contribution in [0.15, 0.2) is 52.9 Å². The number of nitrogens with zero attached hydrogens (tertiary/aromatic N) is 2. The van der Waals surface area contributed by atoms with E-state index in [0.717, 1.165) is 15.6 Å². The first-order valence-electron chi connectivity index (χ1n) is 8.82. The van der Waals surface area contributed by atoms with Crippen LogP contribution in [0.25, 0.3) is 0 Å². The van der Waals surface area contributed by atoms with Gasteiger partial charge in [-0.15, -0.1) is 11.3 Å². The van der Waals surface area contributed by atoms with Crippen LogP contribution in [0.1, 0.15) is 15.9 Å². The summed E-state index contributed by atoms with van der Waals surface area (Å²) in [6.45, 7) is -0.0574. The number of ether oxygens (including phenoxy) is 3. The highest BCUT2D eigenvalue weighted by Gasteiger charge is 2.30. The number of thiazole rings is 1. The molecule has 3 aromatic rings. The number of methoxy groups -OCH3 is 3. The molecule has 0 aliphatic heterocycles. The fourth-order valence-corrected chi connectivity index (χ4v) is 5.59. The minimum atomic E-state index is -4.13. The van der Waals surface area contributed by atoms with Crippen molar-refractivity contribution in [2.75, 3.05) is 25.6 Å². The van der Waals surface area contributed by atoms with E-state index >= 15 is 0 Å². The molecule has 0 spiro atoms. The monoisotopic (exact) mass is 482 g/mol. The zero-order valence-corrected chi connectivity index (χ0v) is 19.3. The Morgan fingerprint density at radius 1 is 1.13 bits per heavy atom. The van der Waals surface area contributed by atoms with Gasteiger partial charge in [-0.05, 0) is 30.3 Å². The number of sulfonamides is 1. The lowest BCUT2D eigenvalue weighted by Gasteiger charge is -2.23. The summed E-state index contributed by atoms with van der Waals surface area (Å²) in [6, 6.07) is 8.97. The smallest absolute Gasteiger partial charge is 0.337 e. The van der Waals surface area contributed by atoms with Crippen molar-refractivity contribution in [2.24, 2.45) is 0 Å². The predicted octanol–water partition coefficient (Wildman–Crippen LogP) is 4.00. The van der Waals surface area contributed by atoms with Gasteiger partial charge in [0.1, 0.15) is 16.4 Å². The number of hydrogen-bond donors (Lipinski definition) is 0. The van der Waals surface area contributed by atoms with Crippen molar-refractivity contribution in [3.05, 3.63) is 64.1 Å². The number of benzene rings is 2. The van der Waals surface area contributed by atoms with Crippen molar-refractivity contribution < 1.29 is 27.4 Å². The first-order chi connectivity index (χ1) is 14.8. The molecule has 3 rings (SSSR count). The van der Waals surface area contributed by atoms with Gasteiger partial charge in [0, 0.05) is 23.2 Å². The molecule has 0 saturated heterocycles. The van der Waals surface area contributed by atoms with Crippen LogP contribution in [0, 0.1) is 0 Å². The van der Waals surface area contributed by atoms with Gasteiger partial charge in [0.15, 0.2) is 5.13 Å². The Kier molecular flexibility index (Phi) is 7.04. The predicted molar refractivity (Wildman–Crippen MR) is 118 cm³/mol. The molecule has 1 heterocycles. The number of halogens is 1. The van der Waals surface area contributed by atoms with Crippen LogP contribution in [0.5, 0.6) is 11.5 Å². The molecule has 164 valence electrons. The van der Waals surface area contributed by atoms with Crippen LogP contribution in [0.2, 0.25) is 5.02 Å². The van der Waals surface area contributed by atoms with E-state index in [2.05, 4.69) is 9.72 Å². The van der Waals surface area contributed by atoms with Gasteiger partial charge >= 0.3 is 5.97 Å². The fourth-order valence-electron chi connectivity index (χ4n) is 2.81. The third kappa shape index (κ3) is 4.76. The molecule has 0 aliphatic carbocycles. The van der Waals surface area contributed by atoms with Crippen LogP contribution < -0.4 is 13.8 Å². The average molecular weight is 483 g/mol. The molecule has 0 radical (unpaired) electrons. The first kappa shape index (κ1) is 22.9. The van der Waals surface area contributed by atoms with E-state index in [1.165, 1.54) is 45.7 Å². The molecule has 0 bridgehead atoms. The van der Waals surface area contributed by atoms with E-state index in [4.69, 9.17) is 21.1 Å². The normalized spacial score (nSPS) is 11.1. The molecule has 0 fully saturated rings. The topological polar surface area (TPSA) is 95.0 Å². The van der Waals surface area contributed by atoms with E-state index in [9.17, 15) is 13.2 Å². The van der Waals surface area contributed by atoms with Gasteiger partial charge in [-0.2, -0.15) is 0 Å². The summed E-state index contributed by atoms with van der Waals surface area (Å²) < 4.78 is 43.5. The van der Waals surface area contributed by atoms with Gasteiger partial charge in [-0.3, -0.25) is 0 Å². The molecule has 0 N–H and O–H groups in total. The fraction of sp³-hybridized carbons (Fsp3) is 0.200. The average Bonchev–Trinajstić information content (AvgIpc) is 3.30. The SMILES string of the molecule is COC(=O)c1ccc(S(=O)(=O)N(Cc2ccc(OC)cc2OC)c2nccs2)c(Cl)c1. The Morgan fingerprint density at radius 3 is 2.48 bits per heavy atom. The standard InChI is InChI=1S/C20H19ClN2O6S2/c1-27-15-6-4-14(17(11-15)28-2)12-23(20-22-8-9-30-20)31(25,26)18-7-5-13(10-16(18)21)19(24)29-3/h4-11H,12H2,1-3H3. The van der Waals surface area contributed by atoms with Gasteiger partial charge in [0.2, 0.25) is 0 Å². The highest BCUT2D eigenvalue weighted by molar-refractivity contribution is 7.93. The summed E-state index contributed by atoms with van der Waals surface area (Å²) in [5.41, 5.74) is 0.744. The van der Waals surface area contributed by atoms with E-state index in [1.54, 1.807) is 23.6 Å². The number of hydrogen-bond acceptors (Lipinski definition) is 8. The van der Waals surface area contributed by atoms with Gasteiger partial charge in [-0.25, -0.2) is 22.5 Å². The number of carbonyl (C=O) groups excluding carboxylic acids is 1. The van der Waals surface area contributed by atoms with Crippen LogP contribution >= 0.6 is 22.9 Å². The first-order valence-corrected chi connectivity index (χ1v) is 11.5. The Hall–Kier alpha value is -2.82. The minimum Gasteiger partial charge on any atom is -0.497 e. The molecule has 0 amide bonds. The van der Waals surface area contributed by atoms with Crippen molar-refractivity contribution >= 4 is 44.1 Å². The Morgan fingerprint density at radius 2 is 1.90 bits per heavy atom. The summed E-state index contributed by atoms with van der Waals surface area (Å²) in [6.07, 6.45) is 1.51. The molecule has 0 unspecified atom stereocenters. The molecule has 8 nitrogen and oxygen atoms in total. The highest BCUT2D eigenvalue weighted by Crippen LogP contribution is 2.34. The highest BCUT2D eigenvalue weighted by atomic mass is 35.5. The van der Waals surface area contributed by atoms with Crippen LogP contribution in [0.3, 0.4) is 0 Å². The Balaban J connectivity index is 2.07.